The van der Waals surface area contributed by atoms with Crippen LogP contribution in [0.15, 0.2) is 66.7 Å². The Morgan fingerprint density at radius 2 is 1.49 bits per heavy atom. The second-order valence-electron chi connectivity index (χ2n) is 8.78. The molecule has 0 unspecified atom stereocenters. The number of carbonyl (C=O) groups excluding carboxylic acids is 3. The molecule has 3 aromatic carbocycles. The van der Waals surface area contributed by atoms with E-state index >= 15 is 0 Å². The predicted molar refractivity (Wildman–Crippen MR) is 132 cm³/mol. The average Bonchev–Trinajstić information content (AvgIpc) is 2.82. The number of ketones is 1. The summed E-state index contributed by atoms with van der Waals surface area (Å²) in [5, 5.41) is 13.6. The zero-order valence-corrected chi connectivity index (χ0v) is 20.1. The molecular formula is C26H23ClN2O6. The standard InChI is InChI=1S/C26H23ClN2O6/c1-26(2,3)19-9-4-16(5-10-19)24(31)28-20-11-6-17(7-12-20)25(32)35-15-23(30)18-8-13-21(27)22(14-18)29(33)34/h4-14H,15H2,1-3H3,(H,28,31). The maximum atomic E-state index is 12.5. The van der Waals surface area contributed by atoms with Crippen molar-refractivity contribution in [1.29, 1.82) is 0 Å². The number of hydrogen-bond acceptors (Lipinski definition) is 6. The van der Waals surface area contributed by atoms with Crippen LogP contribution in [0, 0.1) is 10.1 Å². The smallest absolute Gasteiger partial charge is 0.338 e. The summed E-state index contributed by atoms with van der Waals surface area (Å²) in [5.41, 5.74) is 1.85. The number of halogens is 1. The molecule has 35 heavy (non-hydrogen) atoms. The largest absolute Gasteiger partial charge is 0.454 e. The summed E-state index contributed by atoms with van der Waals surface area (Å²) >= 11 is 5.74. The Labute approximate surface area is 207 Å². The van der Waals surface area contributed by atoms with E-state index in [4.69, 9.17) is 16.3 Å². The molecule has 0 atom stereocenters. The van der Waals surface area contributed by atoms with Gasteiger partial charge in [-0.3, -0.25) is 19.7 Å². The molecule has 8 nitrogen and oxygen atoms in total. The number of nitro benzene ring substituents is 1. The van der Waals surface area contributed by atoms with E-state index in [1.54, 1.807) is 24.3 Å². The number of Topliss-reactive ketones (excluding diaryl/α,β-unsaturated/α-hetero) is 1. The van der Waals surface area contributed by atoms with Crippen LogP contribution in [0.25, 0.3) is 0 Å². The molecule has 3 aromatic rings. The lowest BCUT2D eigenvalue weighted by molar-refractivity contribution is -0.384. The minimum atomic E-state index is -0.752. The predicted octanol–water partition coefficient (Wildman–Crippen LogP) is 5.84. The van der Waals surface area contributed by atoms with Crippen molar-refractivity contribution in [3.05, 3.63) is 104 Å². The number of nitrogens with zero attached hydrogens (tertiary/aromatic N) is 1. The molecule has 9 heteroatoms. The third kappa shape index (κ3) is 6.51. The van der Waals surface area contributed by atoms with Crippen LogP contribution in [0.2, 0.25) is 5.02 Å². The molecule has 0 saturated carbocycles. The van der Waals surface area contributed by atoms with Crippen molar-refractivity contribution in [2.75, 3.05) is 11.9 Å². The van der Waals surface area contributed by atoms with Crippen molar-refractivity contribution in [3.63, 3.8) is 0 Å². The lowest BCUT2D eigenvalue weighted by Crippen LogP contribution is -2.15. The Hall–Kier alpha value is -4.04. The van der Waals surface area contributed by atoms with E-state index in [-0.39, 0.29) is 27.5 Å². The first-order chi connectivity index (χ1) is 16.5. The molecule has 0 saturated heterocycles. The quantitative estimate of drug-likeness (QED) is 0.191. The van der Waals surface area contributed by atoms with Crippen molar-refractivity contribution in [3.8, 4) is 0 Å². The van der Waals surface area contributed by atoms with Crippen molar-refractivity contribution < 1.29 is 24.0 Å². The van der Waals surface area contributed by atoms with E-state index in [0.29, 0.717) is 11.3 Å². The first kappa shape index (κ1) is 25.6. The number of benzene rings is 3. The van der Waals surface area contributed by atoms with E-state index in [0.717, 1.165) is 11.6 Å². The molecule has 0 fully saturated rings. The number of ether oxygens (including phenoxy) is 1. The normalized spacial score (nSPS) is 11.0. The van der Waals surface area contributed by atoms with Gasteiger partial charge < -0.3 is 10.1 Å². The molecule has 0 aliphatic carbocycles. The molecule has 0 spiro atoms. The van der Waals surface area contributed by atoms with Crippen molar-refractivity contribution in [2.24, 2.45) is 0 Å². The molecule has 0 aromatic heterocycles. The van der Waals surface area contributed by atoms with Gasteiger partial charge in [-0.05, 0) is 59.5 Å². The van der Waals surface area contributed by atoms with Gasteiger partial charge in [0.2, 0.25) is 5.78 Å². The summed E-state index contributed by atoms with van der Waals surface area (Å²) < 4.78 is 5.03. The Morgan fingerprint density at radius 3 is 2.06 bits per heavy atom. The zero-order valence-electron chi connectivity index (χ0n) is 19.3. The molecule has 0 bridgehead atoms. The summed E-state index contributed by atoms with van der Waals surface area (Å²) in [6, 6.07) is 16.9. The number of hydrogen-bond donors (Lipinski definition) is 1. The number of anilines is 1. The van der Waals surface area contributed by atoms with Gasteiger partial charge in [-0.15, -0.1) is 0 Å². The van der Waals surface area contributed by atoms with Crippen LogP contribution in [0.4, 0.5) is 11.4 Å². The van der Waals surface area contributed by atoms with Crippen LogP contribution in [0.5, 0.6) is 0 Å². The van der Waals surface area contributed by atoms with E-state index in [9.17, 15) is 24.5 Å². The third-order valence-corrected chi connectivity index (χ3v) is 5.51. The highest BCUT2D eigenvalue weighted by Crippen LogP contribution is 2.25. The number of amides is 1. The molecule has 180 valence electrons. The molecule has 0 aliphatic rings. The minimum Gasteiger partial charge on any atom is -0.454 e. The summed E-state index contributed by atoms with van der Waals surface area (Å²) in [6.45, 7) is 5.68. The first-order valence-corrected chi connectivity index (χ1v) is 11.0. The molecule has 0 aliphatic heterocycles. The number of nitro groups is 1. The van der Waals surface area contributed by atoms with Crippen molar-refractivity contribution in [1.82, 2.24) is 0 Å². The van der Waals surface area contributed by atoms with Gasteiger partial charge in [-0.2, -0.15) is 0 Å². The number of rotatable bonds is 7. The van der Waals surface area contributed by atoms with Gasteiger partial charge in [0, 0.05) is 22.9 Å². The summed E-state index contributed by atoms with van der Waals surface area (Å²) in [5.74, 6) is -1.65. The second kappa shape index (κ2) is 10.5. The molecule has 1 amide bonds. The highest BCUT2D eigenvalue weighted by molar-refractivity contribution is 6.32. The van der Waals surface area contributed by atoms with Crippen LogP contribution < -0.4 is 5.32 Å². The van der Waals surface area contributed by atoms with Gasteiger partial charge in [-0.1, -0.05) is 44.5 Å². The van der Waals surface area contributed by atoms with Gasteiger partial charge in [0.05, 0.1) is 10.5 Å². The van der Waals surface area contributed by atoms with Crippen LogP contribution in [0.1, 0.15) is 57.4 Å². The minimum absolute atomic E-state index is 0.00231. The Bertz CT molecular complexity index is 1280. The number of carbonyl (C=O) groups is 3. The Kier molecular flexibility index (Phi) is 7.66. The SMILES string of the molecule is CC(C)(C)c1ccc(C(=O)Nc2ccc(C(=O)OCC(=O)c3ccc(Cl)c([N+](=O)[O-])c3)cc2)cc1. The van der Waals surface area contributed by atoms with Crippen molar-refractivity contribution >= 4 is 40.6 Å². The average molecular weight is 495 g/mol. The van der Waals surface area contributed by atoms with E-state index in [1.807, 2.05) is 12.1 Å². The summed E-state index contributed by atoms with van der Waals surface area (Å²) in [4.78, 5) is 47.3. The van der Waals surface area contributed by atoms with Gasteiger partial charge in [0.1, 0.15) is 5.02 Å². The topological polar surface area (TPSA) is 116 Å². The monoisotopic (exact) mass is 494 g/mol. The van der Waals surface area contributed by atoms with Gasteiger partial charge in [0.25, 0.3) is 11.6 Å². The fourth-order valence-electron chi connectivity index (χ4n) is 3.14. The Balaban J connectivity index is 1.58. The second-order valence-corrected chi connectivity index (χ2v) is 9.19. The fourth-order valence-corrected chi connectivity index (χ4v) is 3.32. The van der Waals surface area contributed by atoms with Gasteiger partial charge >= 0.3 is 5.97 Å². The maximum absolute atomic E-state index is 12.5. The zero-order chi connectivity index (χ0) is 25.8. The molecule has 3 rings (SSSR count). The number of esters is 1. The van der Waals surface area contributed by atoms with E-state index in [2.05, 4.69) is 26.1 Å². The summed E-state index contributed by atoms with van der Waals surface area (Å²) in [6.07, 6.45) is 0. The lowest BCUT2D eigenvalue weighted by Gasteiger charge is -2.19. The Morgan fingerprint density at radius 1 is 0.914 bits per heavy atom. The van der Waals surface area contributed by atoms with Crippen molar-refractivity contribution in [2.45, 2.75) is 26.2 Å². The first-order valence-electron chi connectivity index (χ1n) is 10.6. The van der Waals surface area contributed by atoms with Crippen LogP contribution in [-0.4, -0.2) is 29.2 Å². The molecule has 0 radical (unpaired) electrons. The highest BCUT2D eigenvalue weighted by Gasteiger charge is 2.18. The van der Waals surface area contributed by atoms with Crippen LogP contribution in [0.3, 0.4) is 0 Å². The van der Waals surface area contributed by atoms with Crippen LogP contribution >= 0.6 is 11.6 Å². The van der Waals surface area contributed by atoms with Crippen LogP contribution in [-0.2, 0) is 10.2 Å². The maximum Gasteiger partial charge on any atom is 0.338 e. The van der Waals surface area contributed by atoms with E-state index in [1.165, 1.54) is 24.3 Å². The lowest BCUT2D eigenvalue weighted by atomic mass is 9.87. The van der Waals surface area contributed by atoms with Gasteiger partial charge in [-0.25, -0.2) is 4.79 Å². The molecule has 1 N–H and O–H groups in total. The number of nitrogens with one attached hydrogen (secondary N) is 1. The molecule has 0 heterocycles. The third-order valence-electron chi connectivity index (χ3n) is 5.19. The molecular weight excluding hydrogens is 472 g/mol. The highest BCUT2D eigenvalue weighted by atomic mass is 35.5. The fraction of sp³-hybridized carbons (Fsp3) is 0.192. The van der Waals surface area contributed by atoms with Gasteiger partial charge in [0.15, 0.2) is 6.61 Å². The van der Waals surface area contributed by atoms with E-state index < -0.39 is 29.0 Å². The summed E-state index contributed by atoms with van der Waals surface area (Å²) in [7, 11) is 0.